The Bertz CT molecular complexity index is 4200. The minimum absolute atomic E-state index is 0.0502. The lowest BCUT2D eigenvalue weighted by Gasteiger charge is -2.17. The van der Waals surface area contributed by atoms with E-state index in [2.05, 4.69) is 156 Å². The molecule has 0 amide bonds. The summed E-state index contributed by atoms with van der Waals surface area (Å²) in [6.45, 7) is 0. The molecule has 8 heteroatoms. The second-order valence-electron chi connectivity index (χ2n) is 17.0. The average Bonchev–Trinajstić information content (AvgIpc) is 4.18. The highest BCUT2D eigenvalue weighted by molar-refractivity contribution is 8.00. The Morgan fingerprint density at radius 1 is 0.462 bits per heavy atom. The first kappa shape index (κ1) is 36.4. The SMILES string of the molecule is C1=CC2Sc3c(-c4cc(-c5ccc6sc7cccnc7c6c5)c5sc6c(-c7ccc8sc9cccnc9c8c7)cccc6c5c4)cc(-n4c5ccccc5c5ccccc54)cc3C2N=C1. The molecule has 15 rings (SSSR count). The Morgan fingerprint density at radius 3 is 1.83 bits per heavy atom. The highest BCUT2D eigenvalue weighted by atomic mass is 32.2. The van der Waals surface area contributed by atoms with Crippen LogP contribution in [0.4, 0.5) is 0 Å². The monoisotopic (exact) mass is 900 g/mol. The van der Waals surface area contributed by atoms with Crippen molar-refractivity contribution in [1.82, 2.24) is 14.5 Å². The van der Waals surface area contributed by atoms with Crippen LogP contribution in [0.2, 0.25) is 0 Å². The second-order valence-corrected chi connectivity index (χ2v) is 21.4. The molecule has 13 aromatic rings. The molecule has 0 fully saturated rings. The van der Waals surface area contributed by atoms with Crippen LogP contribution in [-0.4, -0.2) is 26.0 Å². The molecule has 0 spiro atoms. The van der Waals surface area contributed by atoms with Gasteiger partial charge in [-0.05, 0) is 124 Å². The van der Waals surface area contributed by atoms with Crippen molar-refractivity contribution in [3.8, 4) is 39.1 Å². The molecule has 4 nitrogen and oxygen atoms in total. The van der Waals surface area contributed by atoms with Gasteiger partial charge in [-0.1, -0.05) is 72.8 Å². The van der Waals surface area contributed by atoms with E-state index in [0.717, 1.165) is 16.7 Å². The Labute approximate surface area is 388 Å². The summed E-state index contributed by atoms with van der Waals surface area (Å²) in [6, 6.07) is 56.7. The Balaban J connectivity index is 1.02. The van der Waals surface area contributed by atoms with E-state index in [1.165, 1.54) is 115 Å². The van der Waals surface area contributed by atoms with Gasteiger partial charge in [-0.2, -0.15) is 0 Å². The van der Waals surface area contributed by atoms with Gasteiger partial charge >= 0.3 is 0 Å². The van der Waals surface area contributed by atoms with Crippen molar-refractivity contribution in [3.05, 3.63) is 182 Å². The van der Waals surface area contributed by atoms with Crippen LogP contribution < -0.4 is 0 Å². The van der Waals surface area contributed by atoms with E-state index < -0.39 is 0 Å². The topological polar surface area (TPSA) is 43.1 Å². The molecule has 8 heterocycles. The minimum atomic E-state index is 0.0502. The smallest absolute Gasteiger partial charge is 0.0917 e. The first-order valence-electron chi connectivity index (χ1n) is 21.8. The summed E-state index contributed by atoms with van der Waals surface area (Å²) in [5.74, 6) is 0. The predicted octanol–water partition coefficient (Wildman–Crippen LogP) is 16.8. The van der Waals surface area contributed by atoms with E-state index >= 15 is 0 Å². The molecule has 2 atom stereocenters. The molecule has 2 unspecified atom stereocenters. The maximum atomic E-state index is 5.13. The lowest BCUT2D eigenvalue weighted by Crippen LogP contribution is -2.08. The summed E-state index contributed by atoms with van der Waals surface area (Å²) in [5, 5.41) is 7.71. The number of hydrogen-bond donors (Lipinski definition) is 0. The van der Waals surface area contributed by atoms with Crippen LogP contribution in [0.5, 0.6) is 0 Å². The Morgan fingerprint density at radius 2 is 1.11 bits per heavy atom. The number of aliphatic imine (C=N–C) groups is 1. The molecular weight excluding hydrogens is 869 g/mol. The summed E-state index contributed by atoms with van der Waals surface area (Å²) in [5.41, 5.74) is 14.3. The molecular formula is C57H32N4S4. The second kappa shape index (κ2) is 13.8. The number of para-hydroxylation sites is 2. The molecule has 0 saturated carbocycles. The lowest BCUT2D eigenvalue weighted by molar-refractivity contribution is 0.762. The number of aromatic nitrogens is 3. The molecule has 2 aliphatic heterocycles. The number of benzene rings is 7. The molecule has 7 aromatic carbocycles. The van der Waals surface area contributed by atoms with Gasteiger partial charge in [0.25, 0.3) is 0 Å². The zero-order chi connectivity index (χ0) is 42.3. The van der Waals surface area contributed by atoms with Gasteiger partial charge in [-0.3, -0.25) is 15.0 Å². The first-order valence-corrected chi connectivity index (χ1v) is 25.1. The van der Waals surface area contributed by atoms with Gasteiger partial charge in [-0.25, -0.2) is 0 Å². The van der Waals surface area contributed by atoms with Crippen molar-refractivity contribution in [1.29, 1.82) is 0 Å². The third-order valence-corrected chi connectivity index (χ3v) is 18.4. The molecule has 304 valence electrons. The van der Waals surface area contributed by atoms with Crippen LogP contribution >= 0.6 is 45.8 Å². The Hall–Kier alpha value is -6.94. The van der Waals surface area contributed by atoms with Crippen LogP contribution in [0.3, 0.4) is 0 Å². The van der Waals surface area contributed by atoms with Crippen LogP contribution in [0.25, 0.3) is 122 Å². The standard InChI is InChI=1S/C57H32N4S4/c1-3-13-45-36(9-1)37-10-2-4-14-46(37)61(45)34-29-40(57-44(30-34)54-51(64-57)17-8-24-60-54)33-27-39(32-19-21-48-43(26-32)53-50(63-48)16-7-23-59-53)56-41(28-33)38-12-5-11-35(55(38)65-56)31-18-20-47-42(25-31)52-49(62-47)15-6-22-58-52/h1-30,51,54H. The molecule has 0 aliphatic carbocycles. The van der Waals surface area contributed by atoms with Crippen molar-refractivity contribution in [2.75, 3.05) is 0 Å². The number of allylic oxidation sites excluding steroid dienone is 1. The van der Waals surface area contributed by atoms with E-state index in [9.17, 15) is 0 Å². The number of rotatable bonds is 4. The lowest BCUT2D eigenvalue weighted by atomic mass is 9.92. The third-order valence-electron chi connectivity index (χ3n) is 13.4. The van der Waals surface area contributed by atoms with Crippen LogP contribution in [0.15, 0.2) is 186 Å². The number of thioether (sulfide) groups is 1. The summed E-state index contributed by atoms with van der Waals surface area (Å²) in [6.07, 6.45) is 10.2. The van der Waals surface area contributed by atoms with E-state index in [-0.39, 0.29) is 11.3 Å². The number of thiophene rings is 3. The molecule has 0 bridgehead atoms. The number of dihydropyridines is 1. The van der Waals surface area contributed by atoms with Gasteiger partial charge in [0, 0.05) is 85.9 Å². The molecule has 65 heavy (non-hydrogen) atoms. The average molecular weight is 901 g/mol. The van der Waals surface area contributed by atoms with Gasteiger partial charge in [0.2, 0.25) is 0 Å². The molecule has 2 aliphatic rings. The maximum Gasteiger partial charge on any atom is 0.0917 e. The van der Waals surface area contributed by atoms with Gasteiger partial charge < -0.3 is 4.57 Å². The van der Waals surface area contributed by atoms with Gasteiger partial charge in [0.05, 0.1) is 42.8 Å². The fraction of sp³-hybridized carbons (Fsp3) is 0.0351. The maximum absolute atomic E-state index is 5.13. The summed E-state index contributed by atoms with van der Waals surface area (Å²) in [7, 11) is 0. The molecule has 6 aromatic heterocycles. The minimum Gasteiger partial charge on any atom is -0.309 e. The number of fused-ring (bicyclic) bond motifs is 15. The molecule has 0 radical (unpaired) electrons. The number of nitrogens with zero attached hydrogens (tertiary/aromatic N) is 4. The summed E-state index contributed by atoms with van der Waals surface area (Å²) in [4.78, 5) is 16.1. The summed E-state index contributed by atoms with van der Waals surface area (Å²) < 4.78 is 9.99. The molecule has 0 saturated heterocycles. The fourth-order valence-corrected chi connectivity index (χ4v) is 15.4. The normalized spacial score (nSPS) is 15.8. The number of pyridine rings is 2. The van der Waals surface area contributed by atoms with Gasteiger partial charge in [0.15, 0.2) is 0 Å². The van der Waals surface area contributed by atoms with E-state index in [4.69, 9.17) is 15.0 Å². The zero-order valence-corrected chi connectivity index (χ0v) is 37.7. The number of hydrogen-bond acceptors (Lipinski definition) is 7. The molecule has 0 N–H and O–H groups in total. The largest absolute Gasteiger partial charge is 0.309 e. The van der Waals surface area contributed by atoms with Crippen LogP contribution in [0, 0.1) is 0 Å². The Kier molecular flexibility index (Phi) is 7.72. The van der Waals surface area contributed by atoms with Crippen molar-refractivity contribution in [3.63, 3.8) is 0 Å². The van der Waals surface area contributed by atoms with Gasteiger partial charge in [-0.15, -0.1) is 45.8 Å². The third kappa shape index (κ3) is 5.34. The summed E-state index contributed by atoms with van der Waals surface area (Å²) >= 11 is 7.49. The van der Waals surface area contributed by atoms with Crippen LogP contribution in [-0.2, 0) is 0 Å². The van der Waals surface area contributed by atoms with Gasteiger partial charge in [0.1, 0.15) is 0 Å². The zero-order valence-electron chi connectivity index (χ0n) is 34.4. The predicted molar refractivity (Wildman–Crippen MR) is 281 cm³/mol. The fourth-order valence-electron chi connectivity index (χ4n) is 10.5. The van der Waals surface area contributed by atoms with Crippen molar-refractivity contribution in [2.24, 2.45) is 4.99 Å². The van der Waals surface area contributed by atoms with Crippen molar-refractivity contribution in [2.45, 2.75) is 16.2 Å². The highest BCUT2D eigenvalue weighted by Crippen LogP contribution is 2.55. The van der Waals surface area contributed by atoms with E-state index in [0.29, 0.717) is 0 Å². The van der Waals surface area contributed by atoms with Crippen molar-refractivity contribution < 1.29 is 0 Å². The quantitative estimate of drug-likeness (QED) is 0.177. The van der Waals surface area contributed by atoms with E-state index in [1.54, 1.807) is 0 Å². The van der Waals surface area contributed by atoms with Crippen LogP contribution in [0.1, 0.15) is 11.6 Å². The highest BCUT2D eigenvalue weighted by Gasteiger charge is 2.35. The van der Waals surface area contributed by atoms with Crippen molar-refractivity contribution >= 4 is 135 Å². The van der Waals surface area contributed by atoms with E-state index in [1.807, 2.05) is 76.5 Å². The first-order chi connectivity index (χ1) is 32.2.